The van der Waals surface area contributed by atoms with Crippen LogP contribution in [-0.4, -0.2) is 45.9 Å². The lowest BCUT2D eigenvalue weighted by Crippen LogP contribution is -2.35. The van der Waals surface area contributed by atoms with E-state index in [2.05, 4.69) is 25.2 Å². The molecule has 128 valence electrons. The van der Waals surface area contributed by atoms with Crippen LogP contribution in [0.4, 0.5) is 0 Å². The lowest BCUT2D eigenvalue weighted by atomic mass is 9.93. The Hall–Kier alpha value is -1.86. The number of hydrogen-bond donors (Lipinski definition) is 1. The van der Waals surface area contributed by atoms with Crippen molar-refractivity contribution in [1.82, 2.24) is 25.2 Å². The van der Waals surface area contributed by atoms with Crippen LogP contribution in [0.3, 0.4) is 0 Å². The van der Waals surface area contributed by atoms with Crippen LogP contribution in [0.15, 0.2) is 17.8 Å². The topological polar surface area (TPSA) is 71.0 Å². The maximum absolute atomic E-state index is 11.8. The van der Waals surface area contributed by atoms with Crippen LogP contribution in [0.25, 0.3) is 0 Å². The van der Waals surface area contributed by atoms with Gasteiger partial charge in [0.15, 0.2) is 0 Å². The van der Waals surface area contributed by atoms with Gasteiger partial charge in [-0.25, -0.2) is 9.97 Å². The number of thiazole rings is 1. The Morgan fingerprint density at radius 2 is 2.33 bits per heavy atom. The largest absolute Gasteiger partial charge is 0.354 e. The Kier molecular flexibility index (Phi) is 5.52. The van der Waals surface area contributed by atoms with Gasteiger partial charge in [-0.3, -0.25) is 14.7 Å². The Balaban J connectivity index is 1.64. The first kappa shape index (κ1) is 17.0. The van der Waals surface area contributed by atoms with E-state index < -0.39 is 0 Å². The number of rotatable bonds is 5. The van der Waals surface area contributed by atoms with Gasteiger partial charge in [0.2, 0.25) is 0 Å². The molecule has 7 heteroatoms. The standard InChI is InChI=1S/C17H23N5OS/c1-12-20-14(7-16(21-12)17(23)18-2)6-13-4-3-5-22(9-13)10-15-8-19-11-24-15/h7-8,11,13H,3-6,9-10H2,1-2H3,(H,18,23)/t13-/m1/s1. The van der Waals surface area contributed by atoms with E-state index in [0.717, 1.165) is 31.7 Å². The second kappa shape index (κ2) is 7.81. The monoisotopic (exact) mass is 345 g/mol. The highest BCUT2D eigenvalue weighted by Crippen LogP contribution is 2.22. The highest BCUT2D eigenvalue weighted by atomic mass is 32.1. The summed E-state index contributed by atoms with van der Waals surface area (Å²) in [4.78, 5) is 28.5. The Morgan fingerprint density at radius 3 is 3.08 bits per heavy atom. The summed E-state index contributed by atoms with van der Waals surface area (Å²) in [6.45, 7) is 5.03. The van der Waals surface area contributed by atoms with Gasteiger partial charge in [0.1, 0.15) is 11.5 Å². The Labute approximate surface area is 146 Å². The molecule has 1 saturated heterocycles. The molecule has 6 nitrogen and oxygen atoms in total. The molecule has 0 spiro atoms. The molecule has 2 aromatic rings. The maximum Gasteiger partial charge on any atom is 0.269 e. The van der Waals surface area contributed by atoms with Crippen molar-refractivity contribution in [2.24, 2.45) is 5.92 Å². The van der Waals surface area contributed by atoms with E-state index in [-0.39, 0.29) is 5.91 Å². The average molecular weight is 345 g/mol. The van der Waals surface area contributed by atoms with Crippen LogP contribution < -0.4 is 5.32 Å². The van der Waals surface area contributed by atoms with Gasteiger partial charge < -0.3 is 5.32 Å². The molecule has 1 N–H and O–H groups in total. The Bertz CT molecular complexity index is 688. The van der Waals surface area contributed by atoms with E-state index in [1.807, 2.05) is 24.7 Å². The van der Waals surface area contributed by atoms with Crippen LogP contribution in [-0.2, 0) is 13.0 Å². The second-order valence-electron chi connectivity index (χ2n) is 6.29. The van der Waals surface area contributed by atoms with Gasteiger partial charge >= 0.3 is 0 Å². The summed E-state index contributed by atoms with van der Waals surface area (Å²) in [6.07, 6.45) is 5.26. The summed E-state index contributed by atoms with van der Waals surface area (Å²) < 4.78 is 0. The fraction of sp³-hybridized carbons (Fsp3) is 0.529. The molecular formula is C17H23N5OS. The third-order valence-corrected chi connectivity index (χ3v) is 5.08. The molecule has 2 aromatic heterocycles. The molecule has 1 fully saturated rings. The van der Waals surface area contributed by atoms with Crippen LogP contribution >= 0.6 is 11.3 Å². The molecule has 1 aliphatic rings. The molecule has 3 rings (SSSR count). The summed E-state index contributed by atoms with van der Waals surface area (Å²) in [6, 6.07) is 1.83. The summed E-state index contributed by atoms with van der Waals surface area (Å²) in [5.74, 6) is 1.07. The zero-order valence-corrected chi connectivity index (χ0v) is 15.0. The van der Waals surface area contributed by atoms with Crippen LogP contribution in [0.2, 0.25) is 0 Å². The summed E-state index contributed by atoms with van der Waals surface area (Å²) >= 11 is 1.71. The van der Waals surface area contributed by atoms with Crippen LogP contribution in [0, 0.1) is 12.8 Å². The molecule has 1 atom stereocenters. The minimum Gasteiger partial charge on any atom is -0.354 e. The SMILES string of the molecule is CNC(=O)c1cc(C[C@H]2CCCN(Cc3cncs3)C2)nc(C)n1. The van der Waals surface area contributed by atoms with Gasteiger partial charge in [-0.15, -0.1) is 11.3 Å². The van der Waals surface area contributed by atoms with E-state index >= 15 is 0 Å². The second-order valence-corrected chi connectivity index (χ2v) is 7.26. The maximum atomic E-state index is 11.8. The smallest absolute Gasteiger partial charge is 0.269 e. The van der Waals surface area contributed by atoms with Gasteiger partial charge in [-0.05, 0) is 44.7 Å². The molecule has 0 radical (unpaired) electrons. The number of aryl methyl sites for hydroxylation is 1. The molecule has 0 aromatic carbocycles. The molecule has 0 unspecified atom stereocenters. The van der Waals surface area contributed by atoms with Crippen molar-refractivity contribution >= 4 is 17.2 Å². The summed E-state index contributed by atoms with van der Waals surface area (Å²) in [5.41, 5.74) is 3.31. The van der Waals surface area contributed by atoms with E-state index in [0.29, 0.717) is 17.4 Å². The van der Waals surface area contributed by atoms with Crippen molar-refractivity contribution in [3.63, 3.8) is 0 Å². The lowest BCUT2D eigenvalue weighted by molar-refractivity contribution is 0.0957. The fourth-order valence-electron chi connectivity index (χ4n) is 3.28. The summed E-state index contributed by atoms with van der Waals surface area (Å²) in [5, 5.41) is 2.63. The lowest BCUT2D eigenvalue weighted by Gasteiger charge is -2.32. The number of likely N-dealkylation sites (tertiary alicyclic amines) is 1. The van der Waals surface area contributed by atoms with Crippen molar-refractivity contribution in [2.45, 2.75) is 32.7 Å². The molecule has 0 saturated carbocycles. The predicted octanol–water partition coefficient (Wildman–Crippen LogP) is 2.06. The third-order valence-electron chi connectivity index (χ3n) is 4.31. The molecule has 1 amide bonds. The zero-order valence-electron chi connectivity index (χ0n) is 14.2. The number of carbonyl (C=O) groups excluding carboxylic acids is 1. The van der Waals surface area contributed by atoms with Gasteiger partial charge in [0.25, 0.3) is 5.91 Å². The highest BCUT2D eigenvalue weighted by molar-refractivity contribution is 7.09. The molecule has 0 aliphatic carbocycles. The van der Waals surface area contributed by atoms with Crippen molar-refractivity contribution in [2.75, 3.05) is 20.1 Å². The molecule has 3 heterocycles. The number of hydrogen-bond acceptors (Lipinski definition) is 6. The third kappa shape index (κ3) is 4.36. The first-order chi connectivity index (χ1) is 11.6. The van der Waals surface area contributed by atoms with E-state index in [4.69, 9.17) is 0 Å². The summed E-state index contributed by atoms with van der Waals surface area (Å²) in [7, 11) is 1.62. The predicted molar refractivity (Wildman–Crippen MR) is 94.0 cm³/mol. The molecule has 1 aliphatic heterocycles. The normalized spacial score (nSPS) is 18.5. The van der Waals surface area contributed by atoms with Crippen molar-refractivity contribution < 1.29 is 4.79 Å². The van der Waals surface area contributed by atoms with Crippen molar-refractivity contribution in [1.29, 1.82) is 0 Å². The van der Waals surface area contributed by atoms with Crippen molar-refractivity contribution in [3.8, 4) is 0 Å². The average Bonchev–Trinajstić information content (AvgIpc) is 3.07. The first-order valence-corrected chi connectivity index (χ1v) is 9.18. The molecular weight excluding hydrogens is 322 g/mol. The number of amides is 1. The molecule has 0 bridgehead atoms. The Morgan fingerprint density at radius 1 is 1.46 bits per heavy atom. The van der Waals surface area contributed by atoms with Gasteiger partial charge in [0, 0.05) is 36.9 Å². The van der Waals surface area contributed by atoms with E-state index in [1.54, 1.807) is 18.4 Å². The molecule has 24 heavy (non-hydrogen) atoms. The van der Waals surface area contributed by atoms with Crippen molar-refractivity contribution in [3.05, 3.63) is 39.9 Å². The van der Waals surface area contributed by atoms with Gasteiger partial charge in [-0.2, -0.15) is 0 Å². The van der Waals surface area contributed by atoms with Gasteiger partial charge in [0.05, 0.1) is 5.51 Å². The van der Waals surface area contributed by atoms with E-state index in [1.165, 1.54) is 17.7 Å². The number of carbonyl (C=O) groups is 1. The quantitative estimate of drug-likeness (QED) is 0.898. The van der Waals surface area contributed by atoms with E-state index in [9.17, 15) is 4.79 Å². The minimum absolute atomic E-state index is 0.155. The number of nitrogens with zero attached hydrogens (tertiary/aromatic N) is 4. The van der Waals surface area contributed by atoms with Crippen LogP contribution in [0.1, 0.15) is 39.7 Å². The van der Waals surface area contributed by atoms with Crippen LogP contribution in [0.5, 0.6) is 0 Å². The number of nitrogens with one attached hydrogen (secondary N) is 1. The zero-order chi connectivity index (χ0) is 16.9. The fourth-order valence-corrected chi connectivity index (χ4v) is 3.91. The number of piperidine rings is 1. The number of aromatic nitrogens is 3. The minimum atomic E-state index is -0.155. The highest BCUT2D eigenvalue weighted by Gasteiger charge is 2.22. The first-order valence-electron chi connectivity index (χ1n) is 8.30. The van der Waals surface area contributed by atoms with Gasteiger partial charge in [-0.1, -0.05) is 0 Å².